The van der Waals surface area contributed by atoms with Gasteiger partial charge in [-0.25, -0.2) is 22.0 Å². The van der Waals surface area contributed by atoms with Crippen molar-refractivity contribution >= 4 is 31.7 Å². The maximum absolute atomic E-state index is 11.8. The highest BCUT2D eigenvalue weighted by Gasteiger charge is 2.26. The first kappa shape index (κ1) is 24.4. The minimum atomic E-state index is -3.75. The van der Waals surface area contributed by atoms with Crippen molar-refractivity contribution in [1.29, 1.82) is 0 Å². The van der Waals surface area contributed by atoms with Crippen LogP contribution in [-0.2, 0) is 24.8 Å². The molecule has 1 aromatic rings. The van der Waals surface area contributed by atoms with Crippen molar-refractivity contribution in [1.82, 2.24) is 0 Å². The van der Waals surface area contributed by atoms with Gasteiger partial charge in [0.05, 0.1) is 22.3 Å². The minimum Gasteiger partial charge on any atom is -0.481 e. The molecule has 0 unspecified atom stereocenters. The number of primary sulfonamides is 1. The Bertz CT molecular complexity index is 829. The van der Waals surface area contributed by atoms with Gasteiger partial charge < -0.3 is 5.11 Å². The number of sulfonamides is 2. The van der Waals surface area contributed by atoms with E-state index in [2.05, 4.69) is 0 Å². The number of carboxylic acid groups (broad SMARTS) is 1. The molecular weight excluding hydrogens is 404 g/mol. The fourth-order valence-corrected chi connectivity index (χ4v) is 5.12. The fraction of sp³-hybridized carbons (Fsp3) is 0.611. The fourth-order valence-electron chi connectivity index (χ4n) is 2.97. The first-order valence-corrected chi connectivity index (χ1v) is 12.5. The van der Waals surface area contributed by atoms with Crippen LogP contribution >= 0.6 is 0 Å². The van der Waals surface area contributed by atoms with Crippen LogP contribution in [-0.4, -0.2) is 40.2 Å². The predicted octanol–water partition coefficient (Wildman–Crippen LogP) is 2.55. The molecule has 1 fully saturated rings. The van der Waals surface area contributed by atoms with Gasteiger partial charge in [0.15, 0.2) is 0 Å². The van der Waals surface area contributed by atoms with Crippen LogP contribution in [0.3, 0.4) is 0 Å². The highest BCUT2D eigenvalue weighted by molar-refractivity contribution is 7.92. The number of carboxylic acids is 1. The summed E-state index contributed by atoms with van der Waals surface area (Å²) < 4.78 is 47.2. The van der Waals surface area contributed by atoms with Crippen LogP contribution in [0.5, 0.6) is 0 Å². The maximum atomic E-state index is 11.8. The summed E-state index contributed by atoms with van der Waals surface area (Å²) in [5, 5.41) is 13.6. The van der Waals surface area contributed by atoms with Crippen LogP contribution in [0.4, 0.5) is 5.69 Å². The number of aliphatic carboxylic acids is 1. The summed E-state index contributed by atoms with van der Waals surface area (Å²) in [4.78, 5) is 10.5. The quantitative estimate of drug-likeness (QED) is 0.677. The van der Waals surface area contributed by atoms with E-state index in [1.54, 1.807) is 0 Å². The number of anilines is 1. The largest absolute Gasteiger partial charge is 0.481 e. The number of nitrogens with zero attached hydrogens (tertiary/aromatic N) is 1. The summed E-state index contributed by atoms with van der Waals surface area (Å²) in [5.41, 5.74) is 0.474. The predicted molar refractivity (Wildman–Crippen MR) is 109 cm³/mol. The zero-order valence-corrected chi connectivity index (χ0v) is 18.0. The summed E-state index contributed by atoms with van der Waals surface area (Å²) in [6.45, 7) is 4.47. The van der Waals surface area contributed by atoms with Gasteiger partial charge in [0.25, 0.3) is 0 Å². The van der Waals surface area contributed by atoms with Crippen LogP contribution in [0.2, 0.25) is 0 Å². The van der Waals surface area contributed by atoms with E-state index in [-0.39, 0.29) is 16.6 Å². The zero-order valence-electron chi connectivity index (χ0n) is 16.4. The van der Waals surface area contributed by atoms with Crippen molar-refractivity contribution in [2.45, 2.75) is 57.3 Å². The molecule has 0 bridgehead atoms. The third-order valence-corrected chi connectivity index (χ3v) is 7.22. The Kier molecular flexibility index (Phi) is 9.38. The Balaban J connectivity index is 0.000000336. The van der Waals surface area contributed by atoms with Gasteiger partial charge in [-0.3, -0.25) is 9.10 Å². The van der Waals surface area contributed by atoms with E-state index >= 15 is 0 Å². The number of hydrogen-bond acceptors (Lipinski definition) is 5. The van der Waals surface area contributed by atoms with Gasteiger partial charge in [0.2, 0.25) is 20.0 Å². The van der Waals surface area contributed by atoms with Crippen LogP contribution in [0.15, 0.2) is 29.2 Å². The lowest BCUT2D eigenvalue weighted by molar-refractivity contribution is -0.142. The molecule has 1 aromatic carbocycles. The molecule has 0 amide bonds. The molecule has 0 radical (unpaired) electrons. The van der Waals surface area contributed by atoms with Gasteiger partial charge in [-0.15, -0.1) is 0 Å². The van der Waals surface area contributed by atoms with E-state index < -0.39 is 26.0 Å². The molecule has 0 aromatic heterocycles. The van der Waals surface area contributed by atoms with Gasteiger partial charge in [0.1, 0.15) is 0 Å². The molecule has 1 aliphatic rings. The van der Waals surface area contributed by atoms with E-state index in [1.165, 1.54) is 28.6 Å². The Morgan fingerprint density at radius 3 is 2.07 bits per heavy atom. The van der Waals surface area contributed by atoms with Gasteiger partial charge in [-0.05, 0) is 49.9 Å². The summed E-state index contributed by atoms with van der Waals surface area (Å²) >= 11 is 0. The highest BCUT2D eigenvalue weighted by atomic mass is 32.2. The summed E-state index contributed by atoms with van der Waals surface area (Å²) in [7, 11) is -7.02. The molecule has 160 valence electrons. The van der Waals surface area contributed by atoms with Crippen LogP contribution in [0, 0.1) is 5.92 Å². The number of nitrogens with two attached hydrogens (primary N) is 1. The van der Waals surface area contributed by atoms with Crippen molar-refractivity contribution in [2.24, 2.45) is 11.1 Å². The second-order valence-electron chi connectivity index (χ2n) is 6.75. The molecule has 0 spiro atoms. The van der Waals surface area contributed by atoms with Gasteiger partial charge in [-0.2, -0.15) is 0 Å². The molecule has 1 heterocycles. The van der Waals surface area contributed by atoms with Crippen LogP contribution in [0.25, 0.3) is 0 Å². The van der Waals surface area contributed by atoms with E-state index in [1.807, 2.05) is 13.8 Å². The Morgan fingerprint density at radius 2 is 1.68 bits per heavy atom. The average molecular weight is 435 g/mol. The molecule has 8 nitrogen and oxygen atoms in total. The number of rotatable bonds is 7. The van der Waals surface area contributed by atoms with E-state index in [9.17, 15) is 21.6 Å². The third-order valence-electron chi connectivity index (χ3n) is 4.43. The molecule has 0 saturated carbocycles. The van der Waals surface area contributed by atoms with Crippen molar-refractivity contribution in [3.63, 3.8) is 0 Å². The number of hydrogen-bond donors (Lipinski definition) is 2. The second kappa shape index (κ2) is 10.8. The summed E-state index contributed by atoms with van der Waals surface area (Å²) in [6, 6.07) is 5.55. The standard InChI is InChI=1S/C10H14N2O4S2.C8H16O2/c11-18(15,16)10-5-3-9(4-6-10)12-7-1-2-8-17(12,13)14;1-3-5-7(6-4-2)8(9)10/h3-6H,1-2,7-8H2,(H2,11,15,16);7H,3-6H2,1-2H3,(H,9,10). The topological polar surface area (TPSA) is 135 Å². The second-order valence-corrected chi connectivity index (χ2v) is 10.3. The molecule has 28 heavy (non-hydrogen) atoms. The van der Waals surface area contributed by atoms with Crippen molar-refractivity contribution in [3.8, 4) is 0 Å². The third kappa shape index (κ3) is 7.40. The molecule has 2 rings (SSSR count). The van der Waals surface area contributed by atoms with Crippen molar-refractivity contribution in [3.05, 3.63) is 24.3 Å². The molecule has 10 heteroatoms. The number of benzene rings is 1. The molecule has 1 saturated heterocycles. The van der Waals surface area contributed by atoms with E-state index in [0.29, 0.717) is 18.7 Å². The lowest BCUT2D eigenvalue weighted by Gasteiger charge is -2.28. The Morgan fingerprint density at radius 1 is 1.14 bits per heavy atom. The van der Waals surface area contributed by atoms with Crippen LogP contribution in [0.1, 0.15) is 52.4 Å². The molecular formula is C18H30N2O6S2. The smallest absolute Gasteiger partial charge is 0.306 e. The lowest BCUT2D eigenvalue weighted by atomic mass is 9.99. The zero-order chi connectivity index (χ0) is 21.4. The minimum absolute atomic E-state index is 0.0272. The van der Waals surface area contributed by atoms with Crippen molar-refractivity contribution in [2.75, 3.05) is 16.6 Å². The monoisotopic (exact) mass is 434 g/mol. The molecule has 1 aliphatic heterocycles. The SMILES string of the molecule is CCCC(CCC)C(=O)O.NS(=O)(=O)c1ccc(N2CCCCS2(=O)=O)cc1. The Labute approximate surface area is 167 Å². The molecule has 0 atom stereocenters. The van der Waals surface area contributed by atoms with E-state index in [4.69, 9.17) is 10.2 Å². The van der Waals surface area contributed by atoms with Gasteiger partial charge in [-0.1, -0.05) is 26.7 Å². The highest BCUT2D eigenvalue weighted by Crippen LogP contribution is 2.24. The number of carbonyl (C=O) groups is 1. The molecule has 3 N–H and O–H groups in total. The molecule has 0 aliphatic carbocycles. The van der Waals surface area contributed by atoms with E-state index in [0.717, 1.165) is 32.1 Å². The van der Waals surface area contributed by atoms with Gasteiger partial charge >= 0.3 is 5.97 Å². The Hall–Kier alpha value is -1.65. The first-order valence-electron chi connectivity index (χ1n) is 9.39. The van der Waals surface area contributed by atoms with Crippen LogP contribution < -0.4 is 9.44 Å². The lowest BCUT2D eigenvalue weighted by Crippen LogP contribution is -2.37. The normalized spacial score (nSPS) is 16.4. The van der Waals surface area contributed by atoms with Gasteiger partial charge in [0, 0.05) is 6.54 Å². The van der Waals surface area contributed by atoms with Crippen molar-refractivity contribution < 1.29 is 26.7 Å². The average Bonchev–Trinajstić information content (AvgIpc) is 2.61. The maximum Gasteiger partial charge on any atom is 0.306 e. The first-order chi connectivity index (χ1) is 13.0. The summed E-state index contributed by atoms with van der Waals surface area (Å²) in [6.07, 6.45) is 5.05. The summed E-state index contributed by atoms with van der Waals surface area (Å²) in [5.74, 6) is -0.608.